The van der Waals surface area contributed by atoms with Crippen molar-refractivity contribution < 1.29 is 9.59 Å². The molecule has 9 nitrogen and oxygen atoms in total. The molecule has 0 aliphatic rings. The molecule has 0 saturated carbocycles. The second-order valence-corrected chi connectivity index (χ2v) is 6.24. The number of pyridine rings is 2. The number of carbonyl (C=O) groups is 2. The van der Waals surface area contributed by atoms with Crippen LogP contribution in [0.2, 0.25) is 0 Å². The summed E-state index contributed by atoms with van der Waals surface area (Å²) in [5.41, 5.74) is 1.05. The van der Waals surface area contributed by atoms with Crippen LogP contribution in [-0.4, -0.2) is 56.6 Å². The van der Waals surface area contributed by atoms with Crippen LogP contribution in [0, 0.1) is 6.92 Å². The van der Waals surface area contributed by atoms with Crippen LogP contribution in [0.3, 0.4) is 0 Å². The fourth-order valence-corrected chi connectivity index (χ4v) is 2.54. The molecule has 28 heavy (non-hydrogen) atoms. The van der Waals surface area contributed by atoms with Crippen molar-refractivity contribution >= 4 is 11.8 Å². The van der Waals surface area contributed by atoms with E-state index < -0.39 is 0 Å². The molecular formula is C19H20N6O3. The number of amides is 2. The maximum Gasteiger partial charge on any atom is 0.255 e. The second kappa shape index (κ2) is 8.30. The summed E-state index contributed by atoms with van der Waals surface area (Å²) in [4.78, 5) is 44.2. The van der Waals surface area contributed by atoms with Crippen molar-refractivity contribution in [1.29, 1.82) is 0 Å². The van der Waals surface area contributed by atoms with Crippen LogP contribution in [0.25, 0.3) is 5.82 Å². The average Bonchev–Trinajstić information content (AvgIpc) is 3.24. The number of likely N-dealkylation sites (N-methyl/N-ethyl adjacent to an activating group) is 1. The lowest BCUT2D eigenvalue weighted by molar-refractivity contribution is 0.0786. The molecule has 0 spiro atoms. The summed E-state index contributed by atoms with van der Waals surface area (Å²) < 4.78 is 1.60. The SMILES string of the molecule is Cc1cc(C(=O)NCCN(C)C(=O)c2ccc(-n3cccn3)nc2)c[nH]c1=O. The summed E-state index contributed by atoms with van der Waals surface area (Å²) in [7, 11) is 1.65. The van der Waals surface area contributed by atoms with Crippen molar-refractivity contribution in [1.82, 2.24) is 30.0 Å². The quantitative estimate of drug-likeness (QED) is 0.656. The van der Waals surface area contributed by atoms with Crippen LogP contribution in [0.4, 0.5) is 0 Å². The molecule has 0 aliphatic heterocycles. The van der Waals surface area contributed by atoms with Gasteiger partial charge in [0, 0.05) is 50.5 Å². The minimum absolute atomic E-state index is 0.200. The number of aryl methyl sites for hydroxylation is 1. The van der Waals surface area contributed by atoms with E-state index in [9.17, 15) is 14.4 Å². The zero-order valence-electron chi connectivity index (χ0n) is 15.5. The summed E-state index contributed by atoms with van der Waals surface area (Å²) in [6, 6.07) is 6.71. The number of aromatic amines is 1. The monoisotopic (exact) mass is 380 g/mol. The Morgan fingerprint density at radius 3 is 2.75 bits per heavy atom. The van der Waals surface area contributed by atoms with E-state index in [1.54, 1.807) is 49.2 Å². The van der Waals surface area contributed by atoms with Gasteiger partial charge in [-0.05, 0) is 31.2 Å². The van der Waals surface area contributed by atoms with E-state index in [-0.39, 0.29) is 23.9 Å². The first kappa shape index (κ1) is 19.0. The topological polar surface area (TPSA) is 113 Å². The van der Waals surface area contributed by atoms with Crippen LogP contribution in [0.5, 0.6) is 0 Å². The standard InChI is InChI=1S/C19H20N6O3/c1-13-10-15(12-22-17(13)26)18(27)20-7-9-24(2)19(28)14-4-5-16(21-11-14)25-8-3-6-23-25/h3-6,8,10-12H,7,9H2,1-2H3,(H,20,27)(H,22,26). The molecule has 2 N–H and O–H groups in total. The van der Waals surface area contributed by atoms with E-state index in [1.165, 1.54) is 23.4 Å². The highest BCUT2D eigenvalue weighted by molar-refractivity contribution is 5.95. The normalized spacial score (nSPS) is 10.5. The molecule has 9 heteroatoms. The van der Waals surface area contributed by atoms with Crippen molar-refractivity contribution in [2.75, 3.05) is 20.1 Å². The summed E-state index contributed by atoms with van der Waals surface area (Å²) in [5, 5.41) is 6.82. The summed E-state index contributed by atoms with van der Waals surface area (Å²) in [6.07, 6.45) is 6.28. The molecule has 0 saturated heterocycles. The molecule has 0 bridgehead atoms. The highest BCUT2D eigenvalue weighted by Gasteiger charge is 2.13. The summed E-state index contributed by atoms with van der Waals surface area (Å²) in [5.74, 6) is 0.103. The first-order chi connectivity index (χ1) is 13.5. The van der Waals surface area contributed by atoms with Crippen molar-refractivity contribution in [3.05, 3.63) is 76.1 Å². The number of aromatic nitrogens is 4. The van der Waals surface area contributed by atoms with E-state index in [1.807, 2.05) is 0 Å². The summed E-state index contributed by atoms with van der Waals surface area (Å²) >= 11 is 0. The number of hydrogen-bond donors (Lipinski definition) is 2. The Balaban J connectivity index is 1.53. The Hall–Kier alpha value is -3.75. The Kier molecular flexibility index (Phi) is 5.64. The van der Waals surface area contributed by atoms with E-state index in [2.05, 4.69) is 20.4 Å². The lowest BCUT2D eigenvalue weighted by atomic mass is 10.2. The molecule has 0 fully saturated rings. The van der Waals surface area contributed by atoms with Gasteiger partial charge in [-0.25, -0.2) is 9.67 Å². The first-order valence-corrected chi connectivity index (χ1v) is 8.65. The van der Waals surface area contributed by atoms with Gasteiger partial charge in [0.05, 0.1) is 11.1 Å². The molecule has 3 aromatic rings. The molecule has 3 aromatic heterocycles. The van der Waals surface area contributed by atoms with Gasteiger partial charge >= 0.3 is 0 Å². The van der Waals surface area contributed by atoms with Crippen LogP contribution in [0.1, 0.15) is 26.3 Å². The number of hydrogen-bond acceptors (Lipinski definition) is 5. The molecule has 3 rings (SSSR count). The van der Waals surface area contributed by atoms with E-state index in [0.29, 0.717) is 29.1 Å². The number of carbonyl (C=O) groups excluding carboxylic acids is 2. The molecular weight excluding hydrogens is 360 g/mol. The molecule has 0 atom stereocenters. The minimum Gasteiger partial charge on any atom is -0.350 e. The van der Waals surface area contributed by atoms with Crippen molar-refractivity contribution in [2.45, 2.75) is 6.92 Å². The Morgan fingerprint density at radius 2 is 2.11 bits per heavy atom. The molecule has 2 amide bonds. The smallest absolute Gasteiger partial charge is 0.255 e. The lowest BCUT2D eigenvalue weighted by Gasteiger charge is -2.17. The molecule has 0 aromatic carbocycles. The largest absolute Gasteiger partial charge is 0.350 e. The highest BCUT2D eigenvalue weighted by atomic mass is 16.2. The van der Waals surface area contributed by atoms with Gasteiger partial charge in [0.25, 0.3) is 17.4 Å². The maximum atomic E-state index is 12.5. The van der Waals surface area contributed by atoms with Crippen LogP contribution in [-0.2, 0) is 0 Å². The second-order valence-electron chi connectivity index (χ2n) is 6.24. The Labute approximate surface area is 161 Å². The fourth-order valence-electron chi connectivity index (χ4n) is 2.54. The fraction of sp³-hybridized carbons (Fsp3) is 0.211. The predicted octanol–water partition coefficient (Wildman–Crippen LogP) is 0.766. The third kappa shape index (κ3) is 4.32. The highest BCUT2D eigenvalue weighted by Crippen LogP contribution is 2.07. The third-order valence-corrected chi connectivity index (χ3v) is 4.16. The van der Waals surface area contributed by atoms with Gasteiger partial charge in [0.15, 0.2) is 5.82 Å². The Bertz CT molecular complexity index is 1020. The lowest BCUT2D eigenvalue weighted by Crippen LogP contribution is -2.36. The van der Waals surface area contributed by atoms with Crippen molar-refractivity contribution in [2.24, 2.45) is 0 Å². The van der Waals surface area contributed by atoms with Gasteiger partial charge in [-0.3, -0.25) is 14.4 Å². The third-order valence-electron chi connectivity index (χ3n) is 4.16. The van der Waals surface area contributed by atoms with Crippen LogP contribution in [0.15, 0.2) is 53.8 Å². The van der Waals surface area contributed by atoms with Crippen molar-refractivity contribution in [3.63, 3.8) is 0 Å². The van der Waals surface area contributed by atoms with Gasteiger partial charge in [0.2, 0.25) is 0 Å². The number of nitrogens with zero attached hydrogens (tertiary/aromatic N) is 4. The first-order valence-electron chi connectivity index (χ1n) is 8.65. The minimum atomic E-state index is -0.314. The number of rotatable bonds is 6. The van der Waals surface area contributed by atoms with E-state index in [0.717, 1.165) is 0 Å². The zero-order valence-corrected chi connectivity index (χ0v) is 15.5. The van der Waals surface area contributed by atoms with Gasteiger partial charge in [0.1, 0.15) is 0 Å². The molecule has 0 radical (unpaired) electrons. The summed E-state index contributed by atoms with van der Waals surface area (Å²) in [6.45, 7) is 2.24. The molecule has 0 unspecified atom stereocenters. The number of nitrogens with one attached hydrogen (secondary N) is 2. The van der Waals surface area contributed by atoms with Gasteiger partial charge in [-0.1, -0.05) is 0 Å². The zero-order chi connectivity index (χ0) is 20.1. The maximum absolute atomic E-state index is 12.5. The van der Waals surface area contributed by atoms with Gasteiger partial charge < -0.3 is 15.2 Å². The van der Waals surface area contributed by atoms with E-state index in [4.69, 9.17) is 0 Å². The number of H-pyrrole nitrogens is 1. The molecule has 3 heterocycles. The van der Waals surface area contributed by atoms with Gasteiger partial charge in [-0.15, -0.1) is 0 Å². The van der Waals surface area contributed by atoms with Gasteiger partial charge in [-0.2, -0.15) is 5.10 Å². The predicted molar refractivity (Wildman–Crippen MR) is 102 cm³/mol. The Morgan fingerprint density at radius 1 is 1.29 bits per heavy atom. The molecule has 144 valence electrons. The van der Waals surface area contributed by atoms with Crippen LogP contribution >= 0.6 is 0 Å². The van der Waals surface area contributed by atoms with E-state index >= 15 is 0 Å². The van der Waals surface area contributed by atoms with Crippen molar-refractivity contribution in [3.8, 4) is 5.82 Å². The molecule has 0 aliphatic carbocycles. The van der Waals surface area contributed by atoms with Crippen LogP contribution < -0.4 is 10.9 Å². The average molecular weight is 380 g/mol.